The molecule has 204 valence electrons. The van der Waals surface area contributed by atoms with E-state index < -0.39 is 31.5 Å². The van der Waals surface area contributed by atoms with Crippen LogP contribution in [-0.2, 0) is 15.1 Å². The number of rotatable bonds is 5. The van der Waals surface area contributed by atoms with Gasteiger partial charge in [0.1, 0.15) is 31.2 Å². The third-order valence-electron chi connectivity index (χ3n) is 7.04. The van der Waals surface area contributed by atoms with E-state index in [1.165, 1.54) is 0 Å². The fourth-order valence-electron chi connectivity index (χ4n) is 4.96. The fourth-order valence-corrected chi connectivity index (χ4v) is 5.48. The van der Waals surface area contributed by atoms with E-state index in [4.69, 9.17) is 9.47 Å². The van der Waals surface area contributed by atoms with Crippen molar-refractivity contribution in [3.63, 3.8) is 0 Å². The second-order valence-electron chi connectivity index (χ2n) is 12.8. The first-order valence-electron chi connectivity index (χ1n) is 13.5. The van der Waals surface area contributed by atoms with E-state index >= 15 is 0 Å². The van der Waals surface area contributed by atoms with E-state index in [1.54, 1.807) is 11.1 Å². The van der Waals surface area contributed by atoms with Crippen molar-refractivity contribution in [3.05, 3.63) is 95.7 Å². The van der Waals surface area contributed by atoms with Crippen LogP contribution in [0.1, 0.15) is 51.3 Å². The van der Waals surface area contributed by atoms with Gasteiger partial charge in [-0.15, -0.1) is 5.54 Å². The molecule has 0 spiro atoms. The van der Waals surface area contributed by atoms with Gasteiger partial charge in [0.25, 0.3) is 0 Å². The van der Waals surface area contributed by atoms with Gasteiger partial charge in [0.05, 0.1) is 6.54 Å². The summed E-state index contributed by atoms with van der Waals surface area (Å²) in [7, 11) is -1.51. The zero-order chi connectivity index (χ0) is 28.5. The summed E-state index contributed by atoms with van der Waals surface area (Å²) in [6, 6.07) is 24.4. The van der Waals surface area contributed by atoms with Gasteiger partial charge in [-0.2, -0.15) is 0 Å². The fraction of sp³-hybridized carbons (Fsp3) is 0.394. The first kappa shape index (κ1) is 28.6. The number of amides is 1. The van der Waals surface area contributed by atoms with Crippen LogP contribution in [0.4, 0.5) is 10.6 Å². The van der Waals surface area contributed by atoms with Crippen LogP contribution in [0.25, 0.3) is 0 Å². The van der Waals surface area contributed by atoms with E-state index in [2.05, 4.69) is 81.1 Å². The third-order valence-corrected chi connectivity index (χ3v) is 7.91. The number of cyclic esters (lactones) is 1. The van der Waals surface area contributed by atoms with Crippen molar-refractivity contribution < 1.29 is 14.3 Å². The molecule has 0 aliphatic carbocycles. The number of aromatic nitrogens is 1. The summed E-state index contributed by atoms with van der Waals surface area (Å²) < 4.78 is 13.3. The van der Waals surface area contributed by atoms with E-state index in [0.29, 0.717) is 12.4 Å². The number of benzene rings is 2. The minimum Gasteiger partial charge on any atom is -0.440 e. The van der Waals surface area contributed by atoms with Crippen LogP contribution in [0.15, 0.2) is 79.0 Å². The summed E-state index contributed by atoms with van der Waals surface area (Å²) in [5.74, 6) is 3.74. The lowest BCUT2D eigenvalue weighted by atomic mass is 9.67. The highest BCUT2D eigenvalue weighted by molar-refractivity contribution is 6.83. The molecule has 0 N–H and O–H groups in total. The summed E-state index contributed by atoms with van der Waals surface area (Å²) in [5, 5.41) is 0. The second-order valence-corrected chi connectivity index (χ2v) is 17.5. The van der Waals surface area contributed by atoms with Crippen LogP contribution in [0.2, 0.25) is 19.6 Å². The molecule has 1 atom stereocenters. The minimum absolute atomic E-state index is 0.302. The van der Waals surface area contributed by atoms with E-state index in [-0.39, 0.29) is 5.41 Å². The highest BCUT2D eigenvalue weighted by Gasteiger charge is 2.53. The lowest BCUT2D eigenvalue weighted by Gasteiger charge is -2.51. The number of nitrogens with zero attached hydrogens (tertiary/aromatic N) is 2. The SMILES string of the molecule is CC1(C)OC(=O)N(c2ccc(C#C[Si](C)(C)C)cn2)CC1OC(c1ccccc1)(c1ccccc1)C(C)(C)C. The van der Waals surface area contributed by atoms with Crippen molar-refractivity contribution in [2.45, 2.75) is 71.6 Å². The van der Waals surface area contributed by atoms with Crippen LogP contribution >= 0.6 is 0 Å². The molecule has 1 aliphatic heterocycles. The highest BCUT2D eigenvalue weighted by Crippen LogP contribution is 2.50. The second kappa shape index (κ2) is 10.6. The van der Waals surface area contributed by atoms with Crippen LogP contribution in [0, 0.1) is 16.9 Å². The Morgan fingerprint density at radius 3 is 1.97 bits per heavy atom. The molecule has 1 unspecified atom stereocenters. The molecule has 5 nitrogen and oxygen atoms in total. The van der Waals surface area contributed by atoms with Gasteiger partial charge < -0.3 is 9.47 Å². The average molecular weight is 541 g/mol. The maximum atomic E-state index is 13.2. The molecule has 1 aromatic heterocycles. The Kier molecular flexibility index (Phi) is 7.80. The van der Waals surface area contributed by atoms with Gasteiger partial charge in [-0.1, -0.05) is 107 Å². The molecule has 39 heavy (non-hydrogen) atoms. The largest absolute Gasteiger partial charge is 0.440 e. The lowest BCUT2D eigenvalue weighted by Crippen LogP contribution is -2.61. The molecule has 2 heterocycles. The summed E-state index contributed by atoms with van der Waals surface area (Å²) >= 11 is 0. The number of carbonyl (C=O) groups is 1. The van der Waals surface area contributed by atoms with Gasteiger partial charge in [0, 0.05) is 11.8 Å². The molecule has 2 aromatic carbocycles. The predicted octanol–water partition coefficient (Wildman–Crippen LogP) is 7.42. The summed E-state index contributed by atoms with van der Waals surface area (Å²) in [5.41, 5.74) is 4.27. The molecule has 1 saturated heterocycles. The molecule has 4 rings (SSSR count). The maximum absolute atomic E-state index is 13.2. The van der Waals surface area contributed by atoms with Gasteiger partial charge in [0.15, 0.2) is 0 Å². The zero-order valence-corrected chi connectivity index (χ0v) is 25.4. The molecule has 1 aliphatic rings. The Balaban J connectivity index is 1.74. The Labute approximate surface area is 234 Å². The molecule has 0 radical (unpaired) electrons. The average Bonchev–Trinajstić information content (AvgIpc) is 2.87. The van der Waals surface area contributed by atoms with Crippen molar-refractivity contribution in [1.82, 2.24) is 4.98 Å². The molecular formula is C33H40N2O3Si. The molecule has 1 fully saturated rings. The summed E-state index contributed by atoms with van der Waals surface area (Å²) in [6.07, 6.45) is 0.829. The quantitative estimate of drug-likeness (QED) is 0.250. The van der Waals surface area contributed by atoms with Gasteiger partial charge in [-0.25, -0.2) is 9.78 Å². The third kappa shape index (κ3) is 6.11. The minimum atomic E-state index is -1.51. The first-order chi connectivity index (χ1) is 18.2. The topological polar surface area (TPSA) is 51.7 Å². The molecule has 3 aromatic rings. The van der Waals surface area contributed by atoms with Crippen molar-refractivity contribution in [3.8, 4) is 11.5 Å². The van der Waals surface area contributed by atoms with Gasteiger partial charge >= 0.3 is 6.09 Å². The Morgan fingerprint density at radius 1 is 0.949 bits per heavy atom. The number of hydrogen-bond acceptors (Lipinski definition) is 4. The molecular weight excluding hydrogens is 500 g/mol. The van der Waals surface area contributed by atoms with Crippen LogP contribution in [0.5, 0.6) is 0 Å². The van der Waals surface area contributed by atoms with Crippen molar-refractivity contribution in [1.29, 1.82) is 0 Å². The Bertz CT molecular complexity index is 1310. The number of hydrogen-bond donors (Lipinski definition) is 0. The standard InChI is InChI=1S/C33H40N2O3Si/c1-31(2,3)33(26-15-11-9-12-16-26,27-17-13-10-14-18-27)37-28-24-35(30(36)38-32(28,4)5)29-20-19-25(23-34-29)21-22-39(6,7)8/h9-20,23,28H,24H2,1-8H3. The monoisotopic (exact) mass is 540 g/mol. The Morgan fingerprint density at radius 2 is 1.51 bits per heavy atom. The zero-order valence-electron chi connectivity index (χ0n) is 24.4. The summed E-state index contributed by atoms with van der Waals surface area (Å²) in [6.45, 7) is 17.3. The van der Waals surface area contributed by atoms with Gasteiger partial charge in [-0.3, -0.25) is 4.90 Å². The van der Waals surface area contributed by atoms with Crippen molar-refractivity contribution in [2.75, 3.05) is 11.4 Å². The summed E-state index contributed by atoms with van der Waals surface area (Å²) in [4.78, 5) is 19.3. The van der Waals surface area contributed by atoms with Gasteiger partial charge in [-0.05, 0) is 42.5 Å². The predicted molar refractivity (Wildman–Crippen MR) is 160 cm³/mol. The highest BCUT2D eigenvalue weighted by atomic mass is 28.3. The Hall–Kier alpha value is -3.40. The molecule has 0 bridgehead atoms. The van der Waals surface area contributed by atoms with E-state index in [9.17, 15) is 4.79 Å². The molecule has 1 amide bonds. The first-order valence-corrected chi connectivity index (χ1v) is 17.0. The lowest BCUT2D eigenvalue weighted by molar-refractivity contribution is -0.191. The van der Waals surface area contributed by atoms with Crippen LogP contribution in [0.3, 0.4) is 0 Å². The van der Waals surface area contributed by atoms with Crippen LogP contribution in [-0.4, -0.2) is 37.4 Å². The van der Waals surface area contributed by atoms with Crippen molar-refractivity contribution >= 4 is 20.0 Å². The number of ether oxygens (including phenoxy) is 2. The van der Waals surface area contributed by atoms with E-state index in [0.717, 1.165) is 16.7 Å². The van der Waals surface area contributed by atoms with Gasteiger partial charge in [0.2, 0.25) is 0 Å². The maximum Gasteiger partial charge on any atom is 0.416 e. The van der Waals surface area contributed by atoms with Crippen LogP contribution < -0.4 is 4.90 Å². The van der Waals surface area contributed by atoms with E-state index in [1.807, 2.05) is 62.4 Å². The normalized spacial score (nSPS) is 17.7. The molecule has 0 saturated carbocycles. The number of pyridine rings is 1. The number of carbonyl (C=O) groups excluding carboxylic acids is 1. The number of anilines is 1. The smallest absolute Gasteiger partial charge is 0.416 e. The molecule has 6 heteroatoms. The van der Waals surface area contributed by atoms with Crippen molar-refractivity contribution in [2.24, 2.45) is 5.41 Å².